The monoisotopic (exact) mass is 540 g/mol. The highest BCUT2D eigenvalue weighted by molar-refractivity contribution is 8.02. The molecule has 38 heavy (non-hydrogen) atoms. The predicted octanol–water partition coefficient (Wildman–Crippen LogP) is 3.67. The number of nitrogens with zero attached hydrogens (tertiary/aromatic N) is 2. The maximum absolute atomic E-state index is 14.6. The molecule has 4 rings (SSSR count). The number of ether oxygens (including phenoxy) is 1. The van der Waals surface area contributed by atoms with E-state index < -0.39 is 28.7 Å². The molecule has 2 amide bonds. The van der Waals surface area contributed by atoms with E-state index in [-0.39, 0.29) is 48.1 Å². The molecule has 3 aliphatic rings. The molecule has 1 aromatic rings. The molecule has 1 aromatic carbocycles. The van der Waals surface area contributed by atoms with E-state index in [1.165, 1.54) is 0 Å². The summed E-state index contributed by atoms with van der Waals surface area (Å²) in [5.74, 6) is -2.07. The number of aliphatic hydroxyl groups is 1. The van der Waals surface area contributed by atoms with Gasteiger partial charge in [0.05, 0.1) is 35.8 Å². The molecule has 1 spiro atoms. The molecule has 3 unspecified atom stereocenters. The molecular formula is C30H40N2O5S. The highest BCUT2D eigenvalue weighted by atomic mass is 32.2. The van der Waals surface area contributed by atoms with Gasteiger partial charge >= 0.3 is 5.97 Å². The van der Waals surface area contributed by atoms with Gasteiger partial charge in [-0.1, -0.05) is 63.3 Å². The fourth-order valence-electron chi connectivity index (χ4n) is 6.69. The molecule has 3 aliphatic heterocycles. The van der Waals surface area contributed by atoms with E-state index in [4.69, 9.17) is 4.74 Å². The van der Waals surface area contributed by atoms with E-state index in [0.717, 1.165) is 12.0 Å². The summed E-state index contributed by atoms with van der Waals surface area (Å²) in [6.07, 6.45) is 4.67. The average Bonchev–Trinajstić information content (AvgIpc) is 3.48. The SMILES string of the molecule is C=CCCOC(=O)[C@@H]1[C@H]2C(=O)N([C@@H](CO)C(C)C)C(C(=O)N(CC=C)Cc3ccccc3)C23S[C@@H]1CC3C. The lowest BCUT2D eigenvalue weighted by molar-refractivity contribution is -0.155. The van der Waals surface area contributed by atoms with Crippen molar-refractivity contribution in [3.63, 3.8) is 0 Å². The smallest absolute Gasteiger partial charge is 0.310 e. The van der Waals surface area contributed by atoms with Gasteiger partial charge in [0.1, 0.15) is 6.04 Å². The normalized spacial score (nSPS) is 30.3. The predicted molar refractivity (Wildman–Crippen MR) is 149 cm³/mol. The van der Waals surface area contributed by atoms with Crippen molar-refractivity contribution in [2.45, 2.75) is 62.2 Å². The van der Waals surface area contributed by atoms with Gasteiger partial charge in [0.2, 0.25) is 11.8 Å². The summed E-state index contributed by atoms with van der Waals surface area (Å²) in [5.41, 5.74) is 0.982. The first-order valence-corrected chi connectivity index (χ1v) is 14.4. The summed E-state index contributed by atoms with van der Waals surface area (Å²) in [7, 11) is 0. The van der Waals surface area contributed by atoms with Crippen LogP contribution in [0.5, 0.6) is 0 Å². The Bertz CT molecular complexity index is 1060. The third-order valence-corrected chi connectivity index (χ3v) is 10.5. The minimum Gasteiger partial charge on any atom is -0.465 e. The quantitative estimate of drug-likeness (QED) is 0.247. The van der Waals surface area contributed by atoms with Crippen LogP contribution in [0.3, 0.4) is 0 Å². The van der Waals surface area contributed by atoms with E-state index in [9.17, 15) is 19.5 Å². The molecule has 0 radical (unpaired) electrons. The number of hydrogen-bond donors (Lipinski definition) is 1. The largest absolute Gasteiger partial charge is 0.465 e. The van der Waals surface area contributed by atoms with Gasteiger partial charge in [-0.3, -0.25) is 14.4 Å². The average molecular weight is 541 g/mol. The number of rotatable bonds is 12. The van der Waals surface area contributed by atoms with Crippen LogP contribution in [-0.4, -0.2) is 74.5 Å². The molecule has 206 valence electrons. The van der Waals surface area contributed by atoms with Crippen molar-refractivity contribution in [3.8, 4) is 0 Å². The Balaban J connectivity index is 1.78. The minimum absolute atomic E-state index is 0.0384. The lowest BCUT2D eigenvalue weighted by Gasteiger charge is -2.42. The number of amides is 2. The summed E-state index contributed by atoms with van der Waals surface area (Å²) >= 11 is 1.62. The first-order chi connectivity index (χ1) is 18.2. The number of benzene rings is 1. The molecule has 3 heterocycles. The Morgan fingerprint density at radius 3 is 2.58 bits per heavy atom. The maximum Gasteiger partial charge on any atom is 0.310 e. The van der Waals surface area contributed by atoms with Crippen molar-refractivity contribution in [1.29, 1.82) is 0 Å². The summed E-state index contributed by atoms with van der Waals surface area (Å²) < 4.78 is 4.82. The van der Waals surface area contributed by atoms with Crippen LogP contribution in [0.1, 0.15) is 39.2 Å². The highest BCUT2D eigenvalue weighted by Crippen LogP contribution is 2.69. The minimum atomic E-state index is -0.792. The maximum atomic E-state index is 14.6. The van der Waals surface area contributed by atoms with Crippen LogP contribution in [0.4, 0.5) is 0 Å². The molecule has 0 saturated carbocycles. The summed E-state index contributed by atoms with van der Waals surface area (Å²) in [5, 5.41) is 10.3. The van der Waals surface area contributed by atoms with Crippen molar-refractivity contribution in [2.24, 2.45) is 23.7 Å². The topological polar surface area (TPSA) is 87.1 Å². The number of aliphatic hydroxyl groups excluding tert-OH is 1. The number of fused-ring (bicyclic) bond motifs is 1. The second kappa shape index (κ2) is 11.7. The molecule has 2 bridgehead atoms. The van der Waals surface area contributed by atoms with E-state index >= 15 is 0 Å². The molecule has 8 heteroatoms. The van der Waals surface area contributed by atoms with Gasteiger partial charge in [0.15, 0.2) is 0 Å². The van der Waals surface area contributed by atoms with E-state index in [0.29, 0.717) is 19.5 Å². The van der Waals surface area contributed by atoms with Crippen LogP contribution in [0.15, 0.2) is 55.6 Å². The molecule has 0 aromatic heterocycles. The summed E-state index contributed by atoms with van der Waals surface area (Å²) in [6.45, 7) is 14.2. The first kappa shape index (κ1) is 28.4. The fourth-order valence-corrected chi connectivity index (χ4v) is 9.08. The third kappa shape index (κ3) is 4.70. The zero-order valence-electron chi connectivity index (χ0n) is 22.6. The molecule has 0 aliphatic carbocycles. The Morgan fingerprint density at radius 2 is 1.97 bits per heavy atom. The summed E-state index contributed by atoms with van der Waals surface area (Å²) in [4.78, 5) is 45.6. The van der Waals surface area contributed by atoms with Crippen molar-refractivity contribution >= 4 is 29.5 Å². The number of thioether (sulfide) groups is 1. The molecule has 1 N–H and O–H groups in total. The fraction of sp³-hybridized carbons (Fsp3) is 0.567. The zero-order valence-corrected chi connectivity index (χ0v) is 23.4. The Labute approximate surface area is 230 Å². The number of carbonyl (C=O) groups excluding carboxylic acids is 3. The number of likely N-dealkylation sites (tertiary alicyclic amines) is 1. The van der Waals surface area contributed by atoms with Crippen molar-refractivity contribution in [3.05, 3.63) is 61.2 Å². The van der Waals surface area contributed by atoms with Crippen molar-refractivity contribution in [1.82, 2.24) is 9.80 Å². The zero-order chi connectivity index (χ0) is 27.6. The van der Waals surface area contributed by atoms with E-state index in [1.54, 1.807) is 33.7 Å². The highest BCUT2D eigenvalue weighted by Gasteiger charge is 2.77. The molecule has 7 nitrogen and oxygen atoms in total. The van der Waals surface area contributed by atoms with E-state index in [1.807, 2.05) is 44.2 Å². The first-order valence-electron chi connectivity index (χ1n) is 13.5. The standard InChI is InChI=1S/C30H40N2O5S/c1-6-8-15-37-29(36)24-23-16-20(5)30(38-23)25(24)27(34)32(22(18-33)19(3)4)26(30)28(35)31(14-7-2)17-21-12-10-9-11-13-21/h6-7,9-13,19-20,22-26,33H,1-2,8,14-18H2,3-5H3/t20?,22-,23+,24-,25-,26?,30?/m0/s1. The van der Waals surface area contributed by atoms with Gasteiger partial charge in [0, 0.05) is 18.3 Å². The molecular weight excluding hydrogens is 500 g/mol. The van der Waals surface area contributed by atoms with Gasteiger partial charge in [-0.05, 0) is 30.2 Å². The van der Waals surface area contributed by atoms with Gasteiger partial charge in [-0.15, -0.1) is 24.9 Å². The van der Waals surface area contributed by atoms with Gasteiger partial charge in [0.25, 0.3) is 0 Å². The van der Waals surface area contributed by atoms with Crippen LogP contribution in [0, 0.1) is 23.7 Å². The third-order valence-electron chi connectivity index (χ3n) is 8.45. The number of carbonyl (C=O) groups is 3. The van der Waals surface area contributed by atoms with Gasteiger partial charge in [-0.25, -0.2) is 0 Å². The molecule has 3 fully saturated rings. The van der Waals surface area contributed by atoms with Crippen LogP contribution >= 0.6 is 11.8 Å². The number of hydrogen-bond acceptors (Lipinski definition) is 6. The lowest BCUT2D eigenvalue weighted by atomic mass is 9.66. The van der Waals surface area contributed by atoms with Gasteiger partial charge in [-0.2, -0.15) is 0 Å². The van der Waals surface area contributed by atoms with E-state index in [2.05, 4.69) is 20.1 Å². The second-order valence-corrected chi connectivity index (χ2v) is 12.6. The number of esters is 1. The van der Waals surface area contributed by atoms with Crippen LogP contribution < -0.4 is 0 Å². The van der Waals surface area contributed by atoms with Crippen molar-refractivity contribution in [2.75, 3.05) is 19.8 Å². The van der Waals surface area contributed by atoms with Crippen LogP contribution in [-0.2, 0) is 25.7 Å². The summed E-state index contributed by atoms with van der Waals surface area (Å²) in [6, 6.07) is 8.42. The van der Waals surface area contributed by atoms with Gasteiger partial charge < -0.3 is 19.6 Å². The van der Waals surface area contributed by atoms with Crippen molar-refractivity contribution < 1.29 is 24.2 Å². The Hall–Kier alpha value is -2.58. The van der Waals surface area contributed by atoms with Crippen LogP contribution in [0.2, 0.25) is 0 Å². The second-order valence-electron chi connectivity index (χ2n) is 11.0. The Kier molecular flexibility index (Phi) is 8.72. The van der Waals surface area contributed by atoms with Crippen LogP contribution in [0.25, 0.3) is 0 Å². The molecule has 3 saturated heterocycles. The molecule has 7 atom stereocenters. The lowest BCUT2D eigenvalue weighted by Crippen LogP contribution is -2.59. The Morgan fingerprint density at radius 1 is 1.26 bits per heavy atom.